The number of carbonyl (C=O) groups excluding carboxylic acids is 2. The third kappa shape index (κ3) is 3.35. The fraction of sp³-hybridized carbons (Fsp3) is 0.333. The van der Waals surface area contributed by atoms with Crippen molar-refractivity contribution in [3.63, 3.8) is 0 Å². The maximum absolute atomic E-state index is 11.8. The molecular formula is C12H14ClNO2. The van der Waals surface area contributed by atoms with E-state index in [9.17, 15) is 9.59 Å². The van der Waals surface area contributed by atoms with Crippen LogP contribution in [0.15, 0.2) is 24.3 Å². The van der Waals surface area contributed by atoms with Gasteiger partial charge in [-0.1, -0.05) is 48.4 Å². The number of Topliss-reactive ketones (excluding diaryl/α,β-unsaturated/α-hetero) is 1. The van der Waals surface area contributed by atoms with Gasteiger partial charge in [0.05, 0.1) is 0 Å². The SMILES string of the molecule is CCC(=O)NC(Cl)C(=O)c1ccc(C)cc1. The second-order valence-electron chi connectivity index (χ2n) is 3.51. The summed E-state index contributed by atoms with van der Waals surface area (Å²) in [6, 6.07) is 7.06. The average molecular weight is 240 g/mol. The van der Waals surface area contributed by atoms with E-state index in [2.05, 4.69) is 5.32 Å². The summed E-state index contributed by atoms with van der Waals surface area (Å²) in [6.07, 6.45) is 0.310. The maximum Gasteiger partial charge on any atom is 0.221 e. The molecule has 1 N–H and O–H groups in total. The Morgan fingerprint density at radius 3 is 2.38 bits per heavy atom. The summed E-state index contributed by atoms with van der Waals surface area (Å²) in [5.41, 5.74) is 0.581. The van der Waals surface area contributed by atoms with Crippen molar-refractivity contribution in [3.05, 3.63) is 35.4 Å². The van der Waals surface area contributed by atoms with Crippen LogP contribution in [0.2, 0.25) is 0 Å². The molecule has 3 nitrogen and oxygen atoms in total. The summed E-state index contributed by atoms with van der Waals surface area (Å²) >= 11 is 5.80. The van der Waals surface area contributed by atoms with Gasteiger partial charge in [-0.3, -0.25) is 9.59 Å². The van der Waals surface area contributed by atoms with E-state index in [-0.39, 0.29) is 11.7 Å². The van der Waals surface area contributed by atoms with Crippen LogP contribution in [0.4, 0.5) is 0 Å². The molecule has 0 aliphatic rings. The molecule has 4 heteroatoms. The van der Waals surface area contributed by atoms with Crippen molar-refractivity contribution in [2.75, 3.05) is 0 Å². The summed E-state index contributed by atoms with van der Waals surface area (Å²) in [7, 11) is 0. The molecule has 0 aromatic heterocycles. The van der Waals surface area contributed by atoms with E-state index in [0.29, 0.717) is 12.0 Å². The molecule has 0 aliphatic carbocycles. The molecule has 1 unspecified atom stereocenters. The van der Waals surface area contributed by atoms with Crippen LogP contribution in [-0.2, 0) is 4.79 Å². The smallest absolute Gasteiger partial charge is 0.221 e. The Morgan fingerprint density at radius 1 is 1.31 bits per heavy atom. The molecule has 0 heterocycles. The quantitative estimate of drug-likeness (QED) is 0.498. The summed E-state index contributed by atoms with van der Waals surface area (Å²) < 4.78 is 0. The standard InChI is InChI=1S/C12H14ClNO2/c1-3-10(15)14-12(13)11(16)9-6-4-8(2)5-7-9/h4-7,12H,3H2,1-2H3,(H,14,15). The molecular weight excluding hydrogens is 226 g/mol. The average Bonchev–Trinajstić information content (AvgIpc) is 2.28. The zero-order valence-corrected chi connectivity index (χ0v) is 10.0. The van der Waals surface area contributed by atoms with Gasteiger partial charge >= 0.3 is 0 Å². The normalized spacial score (nSPS) is 11.9. The third-order valence-electron chi connectivity index (χ3n) is 2.18. The second-order valence-corrected chi connectivity index (χ2v) is 3.95. The van der Waals surface area contributed by atoms with Crippen molar-refractivity contribution in [2.24, 2.45) is 0 Å². The summed E-state index contributed by atoms with van der Waals surface area (Å²) in [4.78, 5) is 22.8. The van der Waals surface area contributed by atoms with Crippen LogP contribution in [-0.4, -0.2) is 17.2 Å². The zero-order valence-electron chi connectivity index (χ0n) is 9.29. The number of amides is 1. The van der Waals surface area contributed by atoms with Crippen LogP contribution in [0.25, 0.3) is 0 Å². The molecule has 0 saturated carbocycles. The predicted molar refractivity (Wildman–Crippen MR) is 63.6 cm³/mol. The topological polar surface area (TPSA) is 46.2 Å². The van der Waals surface area contributed by atoms with Gasteiger partial charge in [0.15, 0.2) is 11.3 Å². The molecule has 0 saturated heterocycles. The van der Waals surface area contributed by atoms with Crippen LogP contribution in [0.3, 0.4) is 0 Å². The van der Waals surface area contributed by atoms with Gasteiger partial charge in [-0.05, 0) is 6.92 Å². The van der Waals surface area contributed by atoms with Crippen LogP contribution in [0, 0.1) is 6.92 Å². The molecule has 0 spiro atoms. The monoisotopic (exact) mass is 239 g/mol. The number of benzene rings is 1. The number of hydrogen-bond acceptors (Lipinski definition) is 2. The van der Waals surface area contributed by atoms with E-state index < -0.39 is 5.50 Å². The number of rotatable bonds is 4. The van der Waals surface area contributed by atoms with Gasteiger partial charge in [-0.2, -0.15) is 0 Å². The van der Waals surface area contributed by atoms with Crippen molar-refractivity contribution in [1.82, 2.24) is 5.32 Å². The second kappa shape index (κ2) is 5.66. The Hall–Kier alpha value is -1.35. The van der Waals surface area contributed by atoms with E-state index in [1.807, 2.05) is 19.1 Å². The number of nitrogens with one attached hydrogen (secondary N) is 1. The molecule has 16 heavy (non-hydrogen) atoms. The molecule has 0 radical (unpaired) electrons. The van der Waals surface area contributed by atoms with Gasteiger partial charge in [-0.25, -0.2) is 0 Å². The van der Waals surface area contributed by atoms with Gasteiger partial charge in [0.2, 0.25) is 5.91 Å². The van der Waals surface area contributed by atoms with E-state index in [1.165, 1.54) is 0 Å². The number of aryl methyl sites for hydroxylation is 1. The van der Waals surface area contributed by atoms with Crippen molar-refractivity contribution < 1.29 is 9.59 Å². The van der Waals surface area contributed by atoms with Gasteiger partial charge in [0, 0.05) is 12.0 Å². The lowest BCUT2D eigenvalue weighted by Gasteiger charge is -2.10. The molecule has 1 rings (SSSR count). The van der Waals surface area contributed by atoms with Crippen molar-refractivity contribution in [1.29, 1.82) is 0 Å². The lowest BCUT2D eigenvalue weighted by Crippen LogP contribution is -2.36. The Bertz CT molecular complexity index is 387. The Labute approximate surface area is 99.8 Å². The number of carbonyl (C=O) groups is 2. The number of hydrogen-bond donors (Lipinski definition) is 1. The molecule has 0 fully saturated rings. The Balaban J connectivity index is 2.70. The molecule has 1 atom stereocenters. The lowest BCUT2D eigenvalue weighted by atomic mass is 10.1. The summed E-state index contributed by atoms with van der Waals surface area (Å²) in [6.45, 7) is 3.64. The molecule has 1 aromatic carbocycles. The molecule has 1 amide bonds. The maximum atomic E-state index is 11.8. The summed E-state index contributed by atoms with van der Waals surface area (Å²) in [5, 5.41) is 2.42. The Kier molecular flexibility index (Phi) is 4.50. The highest BCUT2D eigenvalue weighted by atomic mass is 35.5. The minimum Gasteiger partial charge on any atom is -0.333 e. The number of alkyl halides is 1. The molecule has 0 bridgehead atoms. The van der Waals surface area contributed by atoms with Crippen LogP contribution in [0.1, 0.15) is 29.3 Å². The first-order valence-corrected chi connectivity index (χ1v) is 5.52. The minimum atomic E-state index is -0.991. The first kappa shape index (κ1) is 12.7. The van der Waals surface area contributed by atoms with Crippen LogP contribution in [0.5, 0.6) is 0 Å². The van der Waals surface area contributed by atoms with Crippen molar-refractivity contribution in [3.8, 4) is 0 Å². The van der Waals surface area contributed by atoms with E-state index in [1.54, 1.807) is 19.1 Å². The first-order valence-electron chi connectivity index (χ1n) is 5.09. The fourth-order valence-corrected chi connectivity index (χ4v) is 1.42. The van der Waals surface area contributed by atoms with Crippen LogP contribution < -0.4 is 5.32 Å². The number of ketones is 1. The molecule has 86 valence electrons. The fourth-order valence-electron chi connectivity index (χ4n) is 1.17. The van der Waals surface area contributed by atoms with Gasteiger partial charge in [-0.15, -0.1) is 0 Å². The summed E-state index contributed by atoms with van der Waals surface area (Å²) in [5.74, 6) is -0.524. The molecule has 0 aliphatic heterocycles. The minimum absolute atomic E-state index is 0.236. The largest absolute Gasteiger partial charge is 0.333 e. The van der Waals surface area contributed by atoms with E-state index >= 15 is 0 Å². The van der Waals surface area contributed by atoms with Crippen LogP contribution >= 0.6 is 11.6 Å². The van der Waals surface area contributed by atoms with E-state index in [0.717, 1.165) is 5.56 Å². The molecule has 1 aromatic rings. The van der Waals surface area contributed by atoms with Crippen molar-refractivity contribution >= 4 is 23.3 Å². The van der Waals surface area contributed by atoms with E-state index in [4.69, 9.17) is 11.6 Å². The van der Waals surface area contributed by atoms with Gasteiger partial charge in [0.1, 0.15) is 0 Å². The highest BCUT2D eigenvalue weighted by molar-refractivity contribution is 6.34. The third-order valence-corrected chi connectivity index (χ3v) is 2.48. The van der Waals surface area contributed by atoms with Crippen molar-refractivity contribution in [2.45, 2.75) is 25.8 Å². The van der Waals surface area contributed by atoms with Gasteiger partial charge < -0.3 is 5.32 Å². The first-order chi connectivity index (χ1) is 7.54. The number of halogens is 1. The predicted octanol–water partition coefficient (Wildman–Crippen LogP) is 2.27. The highest BCUT2D eigenvalue weighted by Gasteiger charge is 2.18. The Morgan fingerprint density at radius 2 is 1.88 bits per heavy atom. The van der Waals surface area contributed by atoms with Gasteiger partial charge in [0.25, 0.3) is 0 Å². The lowest BCUT2D eigenvalue weighted by molar-refractivity contribution is -0.120. The highest BCUT2D eigenvalue weighted by Crippen LogP contribution is 2.08. The zero-order chi connectivity index (χ0) is 12.1.